The highest BCUT2D eigenvalue weighted by Gasteiger charge is 2.18. The van der Waals surface area contributed by atoms with Gasteiger partial charge in [0.25, 0.3) is 0 Å². The molecular formula is C18H29NO3. The first-order valence-corrected chi connectivity index (χ1v) is 8.32. The Morgan fingerprint density at radius 1 is 1.14 bits per heavy atom. The molecule has 0 aliphatic rings. The van der Waals surface area contributed by atoms with Crippen LogP contribution >= 0.6 is 0 Å². The number of aliphatic hydroxyl groups is 1. The zero-order valence-electron chi connectivity index (χ0n) is 13.6. The van der Waals surface area contributed by atoms with E-state index in [0.29, 0.717) is 13.2 Å². The molecule has 0 bridgehead atoms. The van der Waals surface area contributed by atoms with E-state index in [1.165, 1.54) is 25.7 Å². The summed E-state index contributed by atoms with van der Waals surface area (Å²) in [4.78, 5) is 11.9. The number of nitrogens with one attached hydrogen (secondary N) is 1. The molecule has 124 valence electrons. The number of hydrogen-bond acceptors (Lipinski definition) is 4. The van der Waals surface area contributed by atoms with Crippen molar-refractivity contribution in [2.24, 2.45) is 0 Å². The molecule has 1 atom stereocenters. The number of rotatable bonds is 12. The monoisotopic (exact) mass is 307 g/mol. The van der Waals surface area contributed by atoms with Crippen LogP contribution in [0.25, 0.3) is 0 Å². The smallest absolute Gasteiger partial charge is 0.325 e. The Labute approximate surface area is 133 Å². The Hall–Kier alpha value is -1.39. The number of hydrogen-bond donors (Lipinski definition) is 2. The van der Waals surface area contributed by atoms with Gasteiger partial charge in [-0.1, -0.05) is 69.4 Å². The van der Waals surface area contributed by atoms with Crippen molar-refractivity contribution in [3.8, 4) is 0 Å². The molecule has 0 aliphatic heterocycles. The second-order valence-electron chi connectivity index (χ2n) is 5.54. The third-order valence-electron chi connectivity index (χ3n) is 3.60. The lowest BCUT2D eigenvalue weighted by Gasteiger charge is -2.15. The third-order valence-corrected chi connectivity index (χ3v) is 3.60. The molecule has 0 aliphatic carbocycles. The number of benzene rings is 1. The van der Waals surface area contributed by atoms with E-state index >= 15 is 0 Å². The van der Waals surface area contributed by atoms with E-state index in [4.69, 9.17) is 4.74 Å². The van der Waals surface area contributed by atoms with Gasteiger partial charge in [-0.15, -0.1) is 0 Å². The fourth-order valence-electron chi connectivity index (χ4n) is 2.22. The Bertz CT molecular complexity index is 395. The topological polar surface area (TPSA) is 58.6 Å². The van der Waals surface area contributed by atoms with Gasteiger partial charge in [-0.2, -0.15) is 0 Å². The van der Waals surface area contributed by atoms with E-state index in [0.717, 1.165) is 18.4 Å². The summed E-state index contributed by atoms with van der Waals surface area (Å²) in [6.07, 6.45) is 6.94. The standard InChI is InChI=1S/C18H29NO3/c1-2-3-4-5-6-10-13-22-18(21)17(15-20)19-14-16-11-8-7-9-12-16/h7-9,11-12,17,19-20H,2-6,10,13-15H2,1H3/t17-/m1/s1. The van der Waals surface area contributed by atoms with Crippen molar-refractivity contribution in [2.45, 2.75) is 58.0 Å². The molecule has 0 fully saturated rings. The van der Waals surface area contributed by atoms with Gasteiger partial charge in [0.2, 0.25) is 0 Å². The summed E-state index contributed by atoms with van der Waals surface area (Å²) >= 11 is 0. The number of esters is 1. The van der Waals surface area contributed by atoms with E-state index in [9.17, 15) is 9.90 Å². The second kappa shape index (κ2) is 12.2. The molecule has 22 heavy (non-hydrogen) atoms. The van der Waals surface area contributed by atoms with Crippen LogP contribution < -0.4 is 5.32 Å². The van der Waals surface area contributed by atoms with E-state index in [-0.39, 0.29) is 12.6 Å². The Morgan fingerprint density at radius 2 is 1.82 bits per heavy atom. The molecule has 1 aromatic carbocycles. The first-order valence-electron chi connectivity index (χ1n) is 8.32. The Kier molecular flexibility index (Phi) is 10.3. The first kappa shape index (κ1) is 18.7. The summed E-state index contributed by atoms with van der Waals surface area (Å²) < 4.78 is 5.23. The van der Waals surface area contributed by atoms with Crippen molar-refractivity contribution in [3.63, 3.8) is 0 Å². The molecule has 0 unspecified atom stereocenters. The van der Waals surface area contributed by atoms with Crippen LogP contribution in [0.5, 0.6) is 0 Å². The summed E-state index contributed by atoms with van der Waals surface area (Å²) in [5.74, 6) is -0.369. The molecular weight excluding hydrogens is 278 g/mol. The maximum Gasteiger partial charge on any atom is 0.325 e. The van der Waals surface area contributed by atoms with E-state index in [2.05, 4.69) is 12.2 Å². The molecule has 0 spiro atoms. The summed E-state index contributed by atoms with van der Waals surface area (Å²) in [7, 11) is 0. The van der Waals surface area contributed by atoms with Gasteiger partial charge >= 0.3 is 5.97 Å². The van der Waals surface area contributed by atoms with Crippen molar-refractivity contribution in [1.82, 2.24) is 5.32 Å². The van der Waals surface area contributed by atoms with Crippen LogP contribution in [0.3, 0.4) is 0 Å². The fourth-order valence-corrected chi connectivity index (χ4v) is 2.22. The molecule has 1 rings (SSSR count). The van der Waals surface area contributed by atoms with Crippen LogP contribution in [-0.4, -0.2) is 30.3 Å². The Balaban J connectivity index is 2.15. The summed E-state index contributed by atoms with van der Waals surface area (Å²) in [5, 5.41) is 12.3. The zero-order valence-corrected chi connectivity index (χ0v) is 13.6. The number of carbonyl (C=O) groups excluding carboxylic acids is 1. The quantitative estimate of drug-likeness (QED) is 0.460. The lowest BCUT2D eigenvalue weighted by Crippen LogP contribution is -2.40. The second-order valence-corrected chi connectivity index (χ2v) is 5.54. The summed E-state index contributed by atoms with van der Waals surface area (Å²) in [6.45, 7) is 2.92. The molecule has 0 amide bonds. The van der Waals surface area contributed by atoms with E-state index in [1.807, 2.05) is 30.3 Å². The van der Waals surface area contributed by atoms with Gasteiger partial charge in [0.1, 0.15) is 6.04 Å². The van der Waals surface area contributed by atoms with Crippen molar-refractivity contribution < 1.29 is 14.6 Å². The number of ether oxygens (including phenoxy) is 1. The predicted molar refractivity (Wildman–Crippen MR) is 88.5 cm³/mol. The van der Waals surface area contributed by atoms with Gasteiger partial charge in [-0.25, -0.2) is 0 Å². The van der Waals surface area contributed by atoms with Crippen molar-refractivity contribution >= 4 is 5.97 Å². The average Bonchev–Trinajstić information content (AvgIpc) is 2.55. The van der Waals surface area contributed by atoms with E-state index in [1.54, 1.807) is 0 Å². The fraction of sp³-hybridized carbons (Fsp3) is 0.611. The zero-order chi connectivity index (χ0) is 16.0. The molecule has 0 aromatic heterocycles. The summed E-state index contributed by atoms with van der Waals surface area (Å²) in [5.41, 5.74) is 1.07. The summed E-state index contributed by atoms with van der Waals surface area (Å²) in [6, 6.07) is 9.14. The van der Waals surface area contributed by atoms with Crippen LogP contribution in [0.2, 0.25) is 0 Å². The van der Waals surface area contributed by atoms with Gasteiger partial charge in [-0.3, -0.25) is 10.1 Å². The molecule has 2 N–H and O–H groups in total. The SMILES string of the molecule is CCCCCCCCOC(=O)[C@@H](CO)NCc1ccccc1. The van der Waals surface area contributed by atoms with Crippen LogP contribution in [0.1, 0.15) is 51.0 Å². The third kappa shape index (κ3) is 8.15. The number of carbonyl (C=O) groups is 1. The maximum atomic E-state index is 11.9. The molecule has 0 saturated heterocycles. The lowest BCUT2D eigenvalue weighted by atomic mass is 10.1. The number of aliphatic hydroxyl groups excluding tert-OH is 1. The van der Waals surface area contributed by atoms with Crippen LogP contribution in [0.4, 0.5) is 0 Å². The highest BCUT2D eigenvalue weighted by Crippen LogP contribution is 2.05. The van der Waals surface area contributed by atoms with Crippen molar-refractivity contribution in [1.29, 1.82) is 0 Å². The molecule has 4 nitrogen and oxygen atoms in total. The van der Waals surface area contributed by atoms with Gasteiger partial charge < -0.3 is 9.84 Å². The molecule has 0 heterocycles. The van der Waals surface area contributed by atoms with Gasteiger partial charge in [0.05, 0.1) is 13.2 Å². The molecule has 0 saturated carbocycles. The van der Waals surface area contributed by atoms with Gasteiger partial charge in [-0.05, 0) is 12.0 Å². The highest BCUT2D eigenvalue weighted by atomic mass is 16.5. The number of unbranched alkanes of at least 4 members (excludes halogenated alkanes) is 5. The van der Waals surface area contributed by atoms with Crippen LogP contribution in [0.15, 0.2) is 30.3 Å². The maximum absolute atomic E-state index is 11.9. The largest absolute Gasteiger partial charge is 0.464 e. The normalized spacial score (nSPS) is 12.1. The minimum atomic E-state index is -0.653. The first-order chi connectivity index (χ1) is 10.8. The lowest BCUT2D eigenvalue weighted by molar-refractivity contribution is -0.147. The highest BCUT2D eigenvalue weighted by molar-refractivity contribution is 5.75. The van der Waals surface area contributed by atoms with Gasteiger partial charge in [0.15, 0.2) is 0 Å². The van der Waals surface area contributed by atoms with Crippen molar-refractivity contribution in [3.05, 3.63) is 35.9 Å². The Morgan fingerprint density at radius 3 is 2.50 bits per heavy atom. The van der Waals surface area contributed by atoms with Gasteiger partial charge in [0, 0.05) is 6.54 Å². The molecule has 0 radical (unpaired) electrons. The minimum absolute atomic E-state index is 0.248. The van der Waals surface area contributed by atoms with Crippen LogP contribution in [0, 0.1) is 0 Å². The van der Waals surface area contributed by atoms with Crippen molar-refractivity contribution in [2.75, 3.05) is 13.2 Å². The molecule has 1 aromatic rings. The van der Waals surface area contributed by atoms with Crippen LogP contribution in [-0.2, 0) is 16.1 Å². The average molecular weight is 307 g/mol. The predicted octanol–water partition coefficient (Wildman–Crippen LogP) is 3.04. The minimum Gasteiger partial charge on any atom is -0.464 e. The van der Waals surface area contributed by atoms with E-state index < -0.39 is 6.04 Å². The molecule has 4 heteroatoms.